The minimum Gasteiger partial charge on any atom is -0.493 e. The smallest absolute Gasteiger partial charge is 0.255 e. The molecule has 0 aromatic heterocycles. The number of carbonyl (C=O) groups excluding carboxylic acids is 3. The summed E-state index contributed by atoms with van der Waals surface area (Å²) in [5.41, 5.74) is 1.62. The molecule has 0 spiro atoms. The lowest BCUT2D eigenvalue weighted by atomic mass is 10.2. The Kier molecular flexibility index (Phi) is 8.02. The molecule has 2 aromatic rings. The van der Waals surface area contributed by atoms with Gasteiger partial charge in [-0.2, -0.15) is 0 Å². The van der Waals surface area contributed by atoms with E-state index in [4.69, 9.17) is 4.74 Å². The van der Waals surface area contributed by atoms with Gasteiger partial charge in [-0.1, -0.05) is 12.1 Å². The first kappa shape index (κ1) is 21.0. The summed E-state index contributed by atoms with van der Waals surface area (Å²) >= 11 is 0. The van der Waals surface area contributed by atoms with Crippen LogP contribution in [0.1, 0.15) is 40.5 Å². The van der Waals surface area contributed by atoms with Crippen molar-refractivity contribution < 1.29 is 19.1 Å². The van der Waals surface area contributed by atoms with Gasteiger partial charge in [0.15, 0.2) is 0 Å². The maximum atomic E-state index is 12.3. The van der Waals surface area contributed by atoms with Crippen molar-refractivity contribution in [3.63, 3.8) is 0 Å². The lowest BCUT2D eigenvalue weighted by Crippen LogP contribution is -2.26. The van der Waals surface area contributed by atoms with E-state index in [2.05, 4.69) is 16.0 Å². The van der Waals surface area contributed by atoms with Gasteiger partial charge in [-0.25, -0.2) is 0 Å². The average Bonchev–Trinajstić information content (AvgIpc) is 2.71. The van der Waals surface area contributed by atoms with Gasteiger partial charge in [-0.05, 0) is 49.7 Å². The molecular weight excluding hydrogens is 358 g/mol. The predicted octanol–water partition coefficient (Wildman–Crippen LogP) is 2.59. The zero-order valence-electron chi connectivity index (χ0n) is 16.1. The van der Waals surface area contributed by atoms with Crippen molar-refractivity contribution >= 4 is 23.4 Å². The highest BCUT2D eigenvalue weighted by atomic mass is 16.5. The van der Waals surface area contributed by atoms with Crippen molar-refractivity contribution in [1.82, 2.24) is 10.6 Å². The van der Waals surface area contributed by atoms with E-state index in [0.29, 0.717) is 42.1 Å². The molecule has 0 fully saturated rings. The zero-order chi connectivity index (χ0) is 20.4. The predicted molar refractivity (Wildman–Crippen MR) is 108 cm³/mol. The lowest BCUT2D eigenvalue weighted by Gasteiger charge is -2.10. The van der Waals surface area contributed by atoms with Crippen LogP contribution in [-0.4, -0.2) is 37.9 Å². The third-order valence-electron chi connectivity index (χ3n) is 3.96. The second-order valence-electron chi connectivity index (χ2n) is 5.99. The molecule has 0 radical (unpaired) electrons. The fourth-order valence-corrected chi connectivity index (χ4v) is 2.55. The molecule has 0 saturated heterocycles. The fraction of sp³-hybridized carbons (Fsp3) is 0.286. The van der Waals surface area contributed by atoms with Crippen molar-refractivity contribution in [3.8, 4) is 5.75 Å². The summed E-state index contributed by atoms with van der Waals surface area (Å²) in [4.78, 5) is 35.8. The molecule has 7 nitrogen and oxygen atoms in total. The SMILES string of the molecule is CCOc1ccccc1C(=O)NCCCC(=O)Nc1ccc(C(=O)NC)cc1. The quantitative estimate of drug-likeness (QED) is 0.580. The fourth-order valence-electron chi connectivity index (χ4n) is 2.55. The van der Waals surface area contributed by atoms with E-state index in [0.717, 1.165) is 0 Å². The molecule has 2 aromatic carbocycles. The van der Waals surface area contributed by atoms with Gasteiger partial charge in [0.1, 0.15) is 5.75 Å². The normalized spacial score (nSPS) is 10.1. The molecule has 3 amide bonds. The summed E-state index contributed by atoms with van der Waals surface area (Å²) in [7, 11) is 1.56. The van der Waals surface area contributed by atoms with Crippen LogP contribution in [0.25, 0.3) is 0 Å². The van der Waals surface area contributed by atoms with Crippen molar-refractivity contribution in [2.75, 3.05) is 25.5 Å². The standard InChI is InChI=1S/C21H25N3O4/c1-3-28-18-8-5-4-7-17(18)21(27)23-14-6-9-19(25)24-16-12-10-15(11-13-16)20(26)22-2/h4-5,7-8,10-13H,3,6,9,14H2,1-2H3,(H,22,26)(H,23,27)(H,24,25). The maximum absolute atomic E-state index is 12.3. The number of hydrogen-bond acceptors (Lipinski definition) is 4. The van der Waals surface area contributed by atoms with E-state index >= 15 is 0 Å². The Morgan fingerprint density at radius 1 is 0.964 bits per heavy atom. The molecule has 148 valence electrons. The highest BCUT2D eigenvalue weighted by Crippen LogP contribution is 2.17. The van der Waals surface area contributed by atoms with E-state index < -0.39 is 0 Å². The number of hydrogen-bond donors (Lipinski definition) is 3. The van der Waals surface area contributed by atoms with Gasteiger partial charge in [-0.15, -0.1) is 0 Å². The summed E-state index contributed by atoms with van der Waals surface area (Å²) in [6.07, 6.45) is 0.773. The molecule has 0 aliphatic rings. The van der Waals surface area contributed by atoms with Crippen LogP contribution in [0.5, 0.6) is 5.75 Å². The molecule has 7 heteroatoms. The third-order valence-corrected chi connectivity index (χ3v) is 3.96. The summed E-state index contributed by atoms with van der Waals surface area (Å²) in [5.74, 6) is -0.0223. The van der Waals surface area contributed by atoms with E-state index in [1.807, 2.05) is 13.0 Å². The minimum atomic E-state index is -0.228. The lowest BCUT2D eigenvalue weighted by molar-refractivity contribution is -0.116. The molecule has 0 aliphatic heterocycles. The van der Waals surface area contributed by atoms with Crippen LogP contribution in [0, 0.1) is 0 Å². The van der Waals surface area contributed by atoms with Gasteiger partial charge < -0.3 is 20.7 Å². The molecule has 0 unspecified atom stereocenters. The van der Waals surface area contributed by atoms with Gasteiger partial charge in [0, 0.05) is 31.3 Å². The number of para-hydroxylation sites is 1. The van der Waals surface area contributed by atoms with Crippen molar-refractivity contribution in [2.45, 2.75) is 19.8 Å². The molecular formula is C21H25N3O4. The van der Waals surface area contributed by atoms with Gasteiger partial charge in [0.05, 0.1) is 12.2 Å². The van der Waals surface area contributed by atoms with E-state index in [9.17, 15) is 14.4 Å². The van der Waals surface area contributed by atoms with Crippen LogP contribution >= 0.6 is 0 Å². The summed E-state index contributed by atoms with van der Waals surface area (Å²) in [5, 5.41) is 8.11. The third kappa shape index (κ3) is 6.12. The highest BCUT2D eigenvalue weighted by Gasteiger charge is 2.11. The van der Waals surface area contributed by atoms with Crippen LogP contribution in [-0.2, 0) is 4.79 Å². The Bertz CT molecular complexity index is 819. The van der Waals surface area contributed by atoms with E-state index in [1.54, 1.807) is 49.5 Å². The van der Waals surface area contributed by atoms with Crippen LogP contribution in [0.2, 0.25) is 0 Å². The Morgan fingerprint density at radius 3 is 2.36 bits per heavy atom. The first-order chi connectivity index (χ1) is 13.5. The van der Waals surface area contributed by atoms with E-state index in [1.165, 1.54) is 0 Å². The van der Waals surface area contributed by atoms with Crippen molar-refractivity contribution in [2.24, 2.45) is 0 Å². The van der Waals surface area contributed by atoms with E-state index in [-0.39, 0.29) is 24.1 Å². The average molecular weight is 383 g/mol. The van der Waals surface area contributed by atoms with Crippen LogP contribution in [0.4, 0.5) is 5.69 Å². The topological polar surface area (TPSA) is 96.5 Å². The number of rotatable bonds is 9. The summed E-state index contributed by atoms with van der Waals surface area (Å²) in [6, 6.07) is 13.7. The maximum Gasteiger partial charge on any atom is 0.255 e. The Morgan fingerprint density at radius 2 is 1.68 bits per heavy atom. The van der Waals surface area contributed by atoms with Crippen molar-refractivity contribution in [3.05, 3.63) is 59.7 Å². The number of benzene rings is 2. The largest absolute Gasteiger partial charge is 0.493 e. The Labute approximate surface area is 164 Å². The first-order valence-corrected chi connectivity index (χ1v) is 9.17. The number of nitrogens with one attached hydrogen (secondary N) is 3. The van der Waals surface area contributed by atoms with Crippen LogP contribution < -0.4 is 20.7 Å². The molecule has 0 saturated carbocycles. The Balaban J connectivity index is 1.75. The first-order valence-electron chi connectivity index (χ1n) is 9.17. The monoisotopic (exact) mass is 383 g/mol. The van der Waals surface area contributed by atoms with Crippen molar-refractivity contribution in [1.29, 1.82) is 0 Å². The Hall–Kier alpha value is -3.35. The number of ether oxygens (including phenoxy) is 1. The zero-order valence-corrected chi connectivity index (χ0v) is 16.1. The number of carbonyl (C=O) groups is 3. The highest BCUT2D eigenvalue weighted by molar-refractivity contribution is 5.97. The van der Waals surface area contributed by atoms with Gasteiger partial charge in [-0.3, -0.25) is 14.4 Å². The van der Waals surface area contributed by atoms with Crippen LogP contribution in [0.15, 0.2) is 48.5 Å². The van der Waals surface area contributed by atoms with Gasteiger partial charge in [0.2, 0.25) is 5.91 Å². The number of amides is 3. The summed E-state index contributed by atoms with van der Waals surface area (Å²) < 4.78 is 5.45. The molecule has 3 N–H and O–H groups in total. The molecule has 2 rings (SSSR count). The summed E-state index contributed by atoms with van der Waals surface area (Å²) in [6.45, 7) is 2.72. The molecule has 0 bridgehead atoms. The van der Waals surface area contributed by atoms with Crippen LogP contribution in [0.3, 0.4) is 0 Å². The minimum absolute atomic E-state index is 0.156. The second kappa shape index (κ2) is 10.7. The molecule has 0 atom stereocenters. The van der Waals surface area contributed by atoms with Gasteiger partial charge >= 0.3 is 0 Å². The second-order valence-corrected chi connectivity index (χ2v) is 5.99. The van der Waals surface area contributed by atoms with Gasteiger partial charge in [0.25, 0.3) is 11.8 Å². The molecule has 28 heavy (non-hydrogen) atoms. The molecule has 0 aliphatic carbocycles. The molecule has 0 heterocycles. The number of anilines is 1.